The molecular formula is C21H21N3O4. The Morgan fingerprint density at radius 3 is 2.14 bits per heavy atom. The van der Waals surface area contributed by atoms with Crippen LogP contribution in [0.15, 0.2) is 59.1 Å². The maximum atomic E-state index is 12.5. The molecule has 28 heavy (non-hydrogen) atoms. The van der Waals surface area contributed by atoms with Crippen LogP contribution in [0, 0.1) is 6.92 Å². The van der Waals surface area contributed by atoms with Gasteiger partial charge in [-0.15, -0.1) is 0 Å². The molecule has 2 amide bonds. The van der Waals surface area contributed by atoms with Gasteiger partial charge in [-0.2, -0.15) is 0 Å². The topological polar surface area (TPSA) is 93.5 Å². The summed E-state index contributed by atoms with van der Waals surface area (Å²) in [5, 5.41) is 9.19. The second-order valence-electron chi connectivity index (χ2n) is 6.47. The van der Waals surface area contributed by atoms with E-state index in [1.807, 2.05) is 26.0 Å². The van der Waals surface area contributed by atoms with Gasteiger partial charge in [0, 0.05) is 17.2 Å². The van der Waals surface area contributed by atoms with E-state index in [1.54, 1.807) is 49.4 Å². The largest absolute Gasteiger partial charge is 0.489 e. The number of anilines is 2. The predicted octanol–water partition coefficient (Wildman–Crippen LogP) is 4.27. The molecule has 0 fully saturated rings. The van der Waals surface area contributed by atoms with Crippen LogP contribution in [0.25, 0.3) is 0 Å². The minimum Gasteiger partial charge on any atom is -0.489 e. The van der Waals surface area contributed by atoms with Gasteiger partial charge in [-0.3, -0.25) is 9.59 Å². The Balaban J connectivity index is 1.68. The van der Waals surface area contributed by atoms with Crippen molar-refractivity contribution in [1.29, 1.82) is 0 Å². The van der Waals surface area contributed by atoms with Crippen molar-refractivity contribution in [3.05, 3.63) is 71.5 Å². The van der Waals surface area contributed by atoms with E-state index in [0.29, 0.717) is 34.1 Å². The maximum Gasteiger partial charge on any atom is 0.256 e. The van der Waals surface area contributed by atoms with Crippen molar-refractivity contribution in [2.24, 2.45) is 0 Å². The van der Waals surface area contributed by atoms with Gasteiger partial charge in [0.1, 0.15) is 11.5 Å². The highest BCUT2D eigenvalue weighted by Gasteiger charge is 2.13. The zero-order chi connectivity index (χ0) is 20.1. The molecule has 0 aliphatic heterocycles. The number of nitrogens with one attached hydrogen (secondary N) is 2. The summed E-state index contributed by atoms with van der Waals surface area (Å²) in [6.07, 6.45) is -0.00986. The summed E-state index contributed by atoms with van der Waals surface area (Å²) >= 11 is 0. The summed E-state index contributed by atoms with van der Waals surface area (Å²) in [6.45, 7) is 5.58. The summed E-state index contributed by atoms with van der Waals surface area (Å²) < 4.78 is 10.6. The summed E-state index contributed by atoms with van der Waals surface area (Å²) in [5.41, 5.74) is 1.42. The van der Waals surface area contributed by atoms with Crippen LogP contribution in [-0.2, 0) is 0 Å². The van der Waals surface area contributed by atoms with E-state index in [4.69, 9.17) is 9.26 Å². The lowest BCUT2D eigenvalue weighted by atomic mass is 10.1. The van der Waals surface area contributed by atoms with Crippen LogP contribution >= 0.6 is 0 Å². The summed E-state index contributed by atoms with van der Waals surface area (Å²) in [4.78, 5) is 24.8. The second-order valence-corrected chi connectivity index (χ2v) is 6.47. The number of hydrogen-bond acceptors (Lipinski definition) is 5. The van der Waals surface area contributed by atoms with Crippen LogP contribution in [0.4, 0.5) is 11.5 Å². The summed E-state index contributed by atoms with van der Waals surface area (Å²) in [6, 6.07) is 15.2. The Hall–Kier alpha value is -3.61. The van der Waals surface area contributed by atoms with Gasteiger partial charge in [-0.25, -0.2) is 0 Å². The number of benzene rings is 2. The van der Waals surface area contributed by atoms with E-state index in [2.05, 4.69) is 15.8 Å². The molecule has 0 unspecified atom stereocenters. The molecule has 0 aliphatic rings. The first kappa shape index (κ1) is 19.2. The number of aromatic nitrogens is 1. The van der Waals surface area contributed by atoms with Gasteiger partial charge in [0.05, 0.1) is 11.8 Å². The van der Waals surface area contributed by atoms with Crippen molar-refractivity contribution < 1.29 is 18.8 Å². The number of aryl methyl sites for hydroxylation is 1. The monoisotopic (exact) mass is 379 g/mol. The molecule has 7 nitrogen and oxygen atoms in total. The zero-order valence-corrected chi connectivity index (χ0v) is 15.9. The average molecular weight is 379 g/mol. The molecule has 7 heteroatoms. The predicted molar refractivity (Wildman–Crippen MR) is 106 cm³/mol. The molecule has 0 aliphatic carbocycles. The SMILES string of the molecule is Cc1cc(NC(=O)c2ccc(C(=O)Nc3ccccc3OC(C)C)cc2)no1. The fourth-order valence-electron chi connectivity index (χ4n) is 2.51. The summed E-state index contributed by atoms with van der Waals surface area (Å²) in [7, 11) is 0. The quantitative estimate of drug-likeness (QED) is 0.667. The Labute approximate surface area is 162 Å². The highest BCUT2D eigenvalue weighted by Crippen LogP contribution is 2.25. The van der Waals surface area contributed by atoms with E-state index in [1.165, 1.54) is 0 Å². The van der Waals surface area contributed by atoms with E-state index >= 15 is 0 Å². The molecule has 144 valence electrons. The van der Waals surface area contributed by atoms with E-state index < -0.39 is 0 Å². The molecule has 0 bridgehead atoms. The highest BCUT2D eigenvalue weighted by molar-refractivity contribution is 6.07. The van der Waals surface area contributed by atoms with E-state index in [9.17, 15) is 9.59 Å². The van der Waals surface area contributed by atoms with Crippen molar-refractivity contribution >= 4 is 23.3 Å². The first-order valence-corrected chi connectivity index (χ1v) is 8.84. The molecule has 0 spiro atoms. The molecule has 0 atom stereocenters. The van der Waals surface area contributed by atoms with Crippen LogP contribution in [0.3, 0.4) is 0 Å². The van der Waals surface area contributed by atoms with Crippen LogP contribution in [0.5, 0.6) is 5.75 Å². The Kier molecular flexibility index (Phi) is 5.74. The van der Waals surface area contributed by atoms with Crippen molar-refractivity contribution in [3.8, 4) is 5.75 Å². The lowest BCUT2D eigenvalue weighted by molar-refractivity contribution is 0.101. The molecule has 3 aromatic rings. The fourth-order valence-corrected chi connectivity index (χ4v) is 2.51. The van der Waals surface area contributed by atoms with Gasteiger partial charge in [0.15, 0.2) is 5.82 Å². The fraction of sp³-hybridized carbons (Fsp3) is 0.190. The molecule has 0 saturated heterocycles. The normalized spacial score (nSPS) is 10.6. The number of hydrogen-bond donors (Lipinski definition) is 2. The van der Waals surface area contributed by atoms with Crippen molar-refractivity contribution in [1.82, 2.24) is 5.16 Å². The smallest absolute Gasteiger partial charge is 0.256 e. The zero-order valence-electron chi connectivity index (χ0n) is 15.9. The molecule has 1 aromatic heterocycles. The van der Waals surface area contributed by atoms with E-state index in [-0.39, 0.29) is 17.9 Å². The van der Waals surface area contributed by atoms with Gasteiger partial charge in [0.2, 0.25) is 0 Å². The number of rotatable bonds is 6. The third-order valence-electron chi connectivity index (χ3n) is 3.78. The van der Waals surface area contributed by atoms with Crippen LogP contribution in [0.2, 0.25) is 0 Å². The number of nitrogens with zero attached hydrogens (tertiary/aromatic N) is 1. The number of para-hydroxylation sites is 2. The molecule has 0 saturated carbocycles. The minimum absolute atomic E-state index is 0.00986. The Morgan fingerprint density at radius 2 is 1.57 bits per heavy atom. The van der Waals surface area contributed by atoms with Gasteiger partial charge in [-0.05, 0) is 57.2 Å². The van der Waals surface area contributed by atoms with E-state index in [0.717, 1.165) is 0 Å². The second kappa shape index (κ2) is 8.39. The first-order chi connectivity index (χ1) is 13.4. The molecular weight excluding hydrogens is 358 g/mol. The number of amides is 2. The third-order valence-corrected chi connectivity index (χ3v) is 3.78. The molecule has 1 heterocycles. The number of carbonyl (C=O) groups excluding carboxylic acids is 2. The standard InChI is InChI=1S/C21H21N3O4/c1-13(2)27-18-7-5-4-6-17(18)22-20(25)15-8-10-16(11-9-15)21(26)23-19-12-14(3)28-24-19/h4-13H,1-3H3,(H,22,25)(H,23,24,26). The van der Waals surface area contributed by atoms with Crippen molar-refractivity contribution in [3.63, 3.8) is 0 Å². The van der Waals surface area contributed by atoms with Crippen molar-refractivity contribution in [2.45, 2.75) is 26.9 Å². The first-order valence-electron chi connectivity index (χ1n) is 8.84. The Bertz CT molecular complexity index is 977. The molecule has 3 rings (SSSR count). The molecule has 2 N–H and O–H groups in total. The third kappa shape index (κ3) is 4.76. The average Bonchev–Trinajstić information content (AvgIpc) is 3.07. The molecule has 2 aromatic carbocycles. The lowest BCUT2D eigenvalue weighted by Gasteiger charge is -2.14. The van der Waals surface area contributed by atoms with Crippen LogP contribution in [0.1, 0.15) is 40.3 Å². The number of ether oxygens (including phenoxy) is 1. The number of carbonyl (C=O) groups is 2. The Morgan fingerprint density at radius 1 is 0.964 bits per heavy atom. The lowest BCUT2D eigenvalue weighted by Crippen LogP contribution is -2.15. The van der Waals surface area contributed by atoms with Gasteiger partial charge in [-0.1, -0.05) is 17.3 Å². The van der Waals surface area contributed by atoms with Crippen LogP contribution < -0.4 is 15.4 Å². The maximum absolute atomic E-state index is 12.5. The van der Waals surface area contributed by atoms with Gasteiger partial charge < -0.3 is 19.9 Å². The van der Waals surface area contributed by atoms with Gasteiger partial charge >= 0.3 is 0 Å². The highest BCUT2D eigenvalue weighted by atomic mass is 16.5. The molecule has 0 radical (unpaired) electrons. The van der Waals surface area contributed by atoms with Crippen LogP contribution in [-0.4, -0.2) is 23.1 Å². The van der Waals surface area contributed by atoms with Gasteiger partial charge in [0.25, 0.3) is 11.8 Å². The summed E-state index contributed by atoms with van der Waals surface area (Å²) in [5.74, 6) is 0.912. The van der Waals surface area contributed by atoms with Crippen molar-refractivity contribution in [2.75, 3.05) is 10.6 Å². The minimum atomic E-state index is -0.337.